The Morgan fingerprint density at radius 2 is 2.05 bits per heavy atom. The van der Waals surface area contributed by atoms with E-state index in [1.165, 1.54) is 18.4 Å². The van der Waals surface area contributed by atoms with Gasteiger partial charge in [-0.25, -0.2) is 0 Å². The van der Waals surface area contributed by atoms with E-state index in [1.54, 1.807) is 29.6 Å². The lowest BCUT2D eigenvalue weighted by Gasteiger charge is -2.13. The number of hydrogen-bond acceptors (Lipinski definition) is 4. The summed E-state index contributed by atoms with van der Waals surface area (Å²) in [6.07, 6.45) is -0.892. The Morgan fingerprint density at radius 1 is 1.38 bits per heavy atom. The average molecular weight is 346 g/mol. The number of ether oxygens (including phenoxy) is 1. The van der Waals surface area contributed by atoms with Crippen LogP contribution >= 0.6 is 34.5 Å². The van der Waals surface area contributed by atoms with Crippen LogP contribution in [0.2, 0.25) is 10.0 Å². The smallest absolute Gasteiger partial charge is 0.265 e. The molecule has 0 saturated carbocycles. The summed E-state index contributed by atoms with van der Waals surface area (Å²) in [6, 6.07) is 6.51. The van der Waals surface area contributed by atoms with Crippen LogP contribution in [-0.2, 0) is 0 Å². The van der Waals surface area contributed by atoms with Crippen molar-refractivity contribution in [2.75, 3.05) is 13.7 Å². The molecule has 1 heterocycles. The van der Waals surface area contributed by atoms with E-state index in [-0.39, 0.29) is 12.5 Å². The summed E-state index contributed by atoms with van der Waals surface area (Å²) in [5.74, 6) is 0.215. The van der Waals surface area contributed by atoms with Crippen molar-refractivity contribution in [3.8, 4) is 5.75 Å². The summed E-state index contributed by atoms with van der Waals surface area (Å²) < 4.78 is 5.08. The van der Waals surface area contributed by atoms with Gasteiger partial charge in [0.25, 0.3) is 5.91 Å². The van der Waals surface area contributed by atoms with Crippen LogP contribution in [0.3, 0.4) is 0 Å². The van der Waals surface area contributed by atoms with Crippen LogP contribution < -0.4 is 10.1 Å². The van der Waals surface area contributed by atoms with Gasteiger partial charge in [-0.15, -0.1) is 11.3 Å². The fourth-order valence-corrected chi connectivity index (χ4v) is 3.10. The van der Waals surface area contributed by atoms with E-state index in [0.717, 1.165) is 0 Å². The molecule has 112 valence electrons. The zero-order valence-electron chi connectivity index (χ0n) is 11.1. The first-order chi connectivity index (χ1) is 10.0. The van der Waals surface area contributed by atoms with Crippen LogP contribution in [0, 0.1) is 0 Å². The summed E-state index contributed by atoms with van der Waals surface area (Å²) in [7, 11) is 1.50. The van der Waals surface area contributed by atoms with Gasteiger partial charge in [-0.1, -0.05) is 23.2 Å². The van der Waals surface area contributed by atoms with Gasteiger partial charge in [0.05, 0.1) is 13.2 Å². The third kappa shape index (κ3) is 4.11. The lowest BCUT2D eigenvalue weighted by molar-refractivity contribution is 0.0917. The molecule has 2 N–H and O–H groups in total. The van der Waals surface area contributed by atoms with Crippen molar-refractivity contribution in [1.29, 1.82) is 0 Å². The Bertz CT molecular complexity index is 625. The SMILES string of the molecule is COc1ccsc1C(=O)NCC(O)c1cc(Cl)cc(Cl)c1. The van der Waals surface area contributed by atoms with Gasteiger partial charge in [0.15, 0.2) is 0 Å². The number of benzene rings is 1. The van der Waals surface area contributed by atoms with E-state index in [9.17, 15) is 9.90 Å². The Hall–Kier alpha value is -1.27. The quantitative estimate of drug-likeness (QED) is 0.871. The van der Waals surface area contributed by atoms with Crippen LogP contribution in [0.1, 0.15) is 21.3 Å². The summed E-state index contributed by atoms with van der Waals surface area (Å²) in [4.78, 5) is 12.5. The van der Waals surface area contributed by atoms with Crippen molar-refractivity contribution in [3.05, 3.63) is 50.1 Å². The largest absolute Gasteiger partial charge is 0.495 e. The maximum atomic E-state index is 12.0. The molecule has 1 aromatic heterocycles. The van der Waals surface area contributed by atoms with Crippen LogP contribution in [-0.4, -0.2) is 24.7 Å². The number of hydrogen-bond donors (Lipinski definition) is 2. The molecule has 0 spiro atoms. The maximum absolute atomic E-state index is 12.0. The second-order valence-corrected chi connectivity index (χ2v) is 6.04. The molecule has 0 saturated heterocycles. The van der Waals surface area contributed by atoms with Crippen molar-refractivity contribution < 1.29 is 14.6 Å². The molecule has 4 nitrogen and oxygen atoms in total. The molecule has 0 radical (unpaired) electrons. The molecule has 1 atom stereocenters. The zero-order valence-corrected chi connectivity index (χ0v) is 13.4. The molecule has 1 aromatic carbocycles. The standard InChI is InChI=1S/C14H13Cl2NO3S/c1-20-12-2-3-21-13(12)14(19)17-7-11(18)8-4-9(15)6-10(16)5-8/h2-6,11,18H,7H2,1H3,(H,17,19). The van der Waals surface area contributed by atoms with E-state index in [2.05, 4.69) is 5.32 Å². The number of methoxy groups -OCH3 is 1. The first-order valence-corrected chi connectivity index (χ1v) is 7.68. The van der Waals surface area contributed by atoms with E-state index in [0.29, 0.717) is 26.2 Å². The van der Waals surface area contributed by atoms with E-state index in [1.807, 2.05) is 0 Å². The van der Waals surface area contributed by atoms with Gasteiger partial charge in [-0.3, -0.25) is 4.79 Å². The summed E-state index contributed by atoms with van der Waals surface area (Å²) >= 11 is 13.0. The summed E-state index contributed by atoms with van der Waals surface area (Å²) in [6.45, 7) is 0.0521. The first kappa shape index (κ1) is 16.1. The van der Waals surface area contributed by atoms with Crippen molar-refractivity contribution in [3.63, 3.8) is 0 Å². The Kier molecular flexibility index (Phi) is 5.47. The van der Waals surface area contributed by atoms with Crippen molar-refractivity contribution in [1.82, 2.24) is 5.32 Å². The van der Waals surface area contributed by atoms with Gasteiger partial charge in [0, 0.05) is 16.6 Å². The number of aliphatic hydroxyl groups excluding tert-OH is 1. The summed E-state index contributed by atoms with van der Waals surface area (Å²) in [5.41, 5.74) is 0.547. The molecule has 0 aliphatic carbocycles. The minimum absolute atomic E-state index is 0.0521. The maximum Gasteiger partial charge on any atom is 0.265 e. The number of nitrogens with one attached hydrogen (secondary N) is 1. The third-order valence-electron chi connectivity index (χ3n) is 2.78. The zero-order chi connectivity index (χ0) is 15.4. The number of aliphatic hydroxyl groups is 1. The Balaban J connectivity index is 2.00. The number of halogens is 2. The molecule has 2 rings (SSSR count). The molecule has 2 aromatic rings. The monoisotopic (exact) mass is 345 g/mol. The Morgan fingerprint density at radius 3 is 2.67 bits per heavy atom. The molecule has 7 heteroatoms. The van der Waals surface area contributed by atoms with Gasteiger partial charge in [-0.2, -0.15) is 0 Å². The average Bonchev–Trinajstić information content (AvgIpc) is 2.91. The highest BCUT2D eigenvalue weighted by Crippen LogP contribution is 2.25. The molecule has 1 unspecified atom stereocenters. The topological polar surface area (TPSA) is 58.6 Å². The number of carbonyl (C=O) groups is 1. The first-order valence-electron chi connectivity index (χ1n) is 6.05. The number of carbonyl (C=O) groups excluding carboxylic acids is 1. The van der Waals surface area contributed by atoms with Crippen LogP contribution in [0.5, 0.6) is 5.75 Å². The number of thiophene rings is 1. The normalized spacial score (nSPS) is 12.0. The minimum atomic E-state index is -0.892. The van der Waals surface area contributed by atoms with Crippen molar-refractivity contribution >= 4 is 40.4 Å². The molecule has 21 heavy (non-hydrogen) atoms. The van der Waals surface area contributed by atoms with Gasteiger partial charge in [-0.05, 0) is 35.2 Å². The Labute approximate surface area is 136 Å². The van der Waals surface area contributed by atoms with E-state index in [4.69, 9.17) is 27.9 Å². The van der Waals surface area contributed by atoms with Gasteiger partial charge in [0.1, 0.15) is 10.6 Å². The van der Waals surface area contributed by atoms with Crippen molar-refractivity contribution in [2.45, 2.75) is 6.10 Å². The molecular weight excluding hydrogens is 333 g/mol. The van der Waals surface area contributed by atoms with E-state index < -0.39 is 6.10 Å². The van der Waals surface area contributed by atoms with Crippen LogP contribution in [0.4, 0.5) is 0 Å². The molecule has 0 fully saturated rings. The van der Waals surface area contributed by atoms with Crippen LogP contribution in [0.25, 0.3) is 0 Å². The van der Waals surface area contributed by atoms with Gasteiger partial charge >= 0.3 is 0 Å². The van der Waals surface area contributed by atoms with Crippen molar-refractivity contribution in [2.24, 2.45) is 0 Å². The molecule has 0 bridgehead atoms. The number of amides is 1. The highest BCUT2D eigenvalue weighted by Gasteiger charge is 2.16. The molecule has 0 aliphatic heterocycles. The molecule has 0 aliphatic rings. The summed E-state index contributed by atoms with van der Waals surface area (Å²) in [5, 5.41) is 15.4. The third-order valence-corrected chi connectivity index (χ3v) is 4.11. The van der Waals surface area contributed by atoms with Crippen LogP contribution in [0.15, 0.2) is 29.6 Å². The predicted molar refractivity (Wildman–Crippen MR) is 84.6 cm³/mol. The molecular formula is C14H13Cl2NO3S. The second-order valence-electron chi connectivity index (χ2n) is 4.25. The lowest BCUT2D eigenvalue weighted by Crippen LogP contribution is -2.28. The predicted octanol–water partition coefficient (Wildman–Crippen LogP) is 3.53. The number of rotatable bonds is 5. The lowest BCUT2D eigenvalue weighted by atomic mass is 10.1. The fraction of sp³-hybridized carbons (Fsp3) is 0.214. The fourth-order valence-electron chi connectivity index (χ4n) is 1.78. The second kappa shape index (κ2) is 7.13. The highest BCUT2D eigenvalue weighted by molar-refractivity contribution is 7.12. The van der Waals surface area contributed by atoms with Gasteiger partial charge < -0.3 is 15.2 Å². The van der Waals surface area contributed by atoms with Gasteiger partial charge in [0.2, 0.25) is 0 Å². The van der Waals surface area contributed by atoms with E-state index >= 15 is 0 Å². The highest BCUT2D eigenvalue weighted by atomic mass is 35.5. The molecule has 1 amide bonds. The minimum Gasteiger partial charge on any atom is -0.495 e.